The minimum absolute atomic E-state index is 0.0955. The summed E-state index contributed by atoms with van der Waals surface area (Å²) in [6, 6.07) is 3.01. The zero-order chi connectivity index (χ0) is 11.1. The van der Waals surface area contributed by atoms with Gasteiger partial charge in [-0.1, -0.05) is 0 Å². The first-order valence-electron chi connectivity index (χ1n) is 4.67. The van der Waals surface area contributed by atoms with Crippen molar-refractivity contribution in [2.75, 3.05) is 7.11 Å². The molecule has 0 fully saturated rings. The third-order valence-electron chi connectivity index (χ3n) is 2.64. The lowest BCUT2D eigenvalue weighted by Gasteiger charge is -2.07. The molecule has 82 valence electrons. The van der Waals surface area contributed by atoms with Crippen molar-refractivity contribution in [2.45, 2.75) is 24.2 Å². The number of aryl methyl sites for hydroxylation is 2. The van der Waals surface area contributed by atoms with Crippen molar-refractivity contribution in [1.29, 1.82) is 0 Å². The van der Waals surface area contributed by atoms with E-state index in [1.165, 1.54) is 13.2 Å². The van der Waals surface area contributed by atoms with Gasteiger partial charge in [0, 0.05) is 0 Å². The van der Waals surface area contributed by atoms with E-state index >= 15 is 0 Å². The molecule has 0 atom stereocenters. The second-order valence-electron chi connectivity index (χ2n) is 3.56. The van der Waals surface area contributed by atoms with Crippen LogP contribution in [0.1, 0.15) is 17.5 Å². The highest BCUT2D eigenvalue weighted by molar-refractivity contribution is 7.86. The maximum absolute atomic E-state index is 12.9. The van der Waals surface area contributed by atoms with Crippen LogP contribution in [0.15, 0.2) is 17.0 Å². The predicted octanol–water partition coefficient (Wildman–Crippen LogP) is 1.84. The Kier molecular flexibility index (Phi) is 2.42. The van der Waals surface area contributed by atoms with E-state index in [1.54, 1.807) is 6.07 Å². The Hall–Kier alpha value is -1.10. The summed E-state index contributed by atoms with van der Waals surface area (Å²) < 4.78 is 39.5. The Bertz CT molecular complexity index is 494. The number of halogens is 1. The van der Waals surface area contributed by atoms with Crippen LogP contribution in [0.3, 0.4) is 0 Å². The molecule has 2 rings (SSSR count). The summed E-state index contributed by atoms with van der Waals surface area (Å²) in [5, 5.41) is 0. The van der Waals surface area contributed by atoms with Gasteiger partial charge < -0.3 is 4.74 Å². The summed E-state index contributed by atoms with van der Waals surface area (Å²) in [4.78, 5) is -0.356. The molecule has 0 saturated heterocycles. The van der Waals surface area contributed by atoms with Crippen LogP contribution in [0.2, 0.25) is 0 Å². The monoisotopic (exact) mass is 230 g/mol. The zero-order valence-electron chi connectivity index (χ0n) is 8.29. The molecule has 5 heteroatoms. The molecule has 1 aliphatic rings. The van der Waals surface area contributed by atoms with Gasteiger partial charge in [0.15, 0.2) is 0 Å². The third kappa shape index (κ3) is 1.84. The van der Waals surface area contributed by atoms with Gasteiger partial charge >= 0.3 is 10.2 Å². The second kappa shape index (κ2) is 3.48. The first-order chi connectivity index (χ1) is 7.02. The van der Waals surface area contributed by atoms with Gasteiger partial charge in [0.1, 0.15) is 10.6 Å². The maximum atomic E-state index is 12.9. The van der Waals surface area contributed by atoms with Crippen molar-refractivity contribution in [2.24, 2.45) is 0 Å². The van der Waals surface area contributed by atoms with Crippen molar-refractivity contribution in [3.05, 3.63) is 23.3 Å². The van der Waals surface area contributed by atoms with E-state index in [4.69, 9.17) is 4.74 Å². The summed E-state index contributed by atoms with van der Waals surface area (Å²) >= 11 is 0. The van der Waals surface area contributed by atoms with Crippen molar-refractivity contribution in [3.63, 3.8) is 0 Å². The largest absolute Gasteiger partial charge is 0.495 e. The Morgan fingerprint density at radius 3 is 2.40 bits per heavy atom. The summed E-state index contributed by atoms with van der Waals surface area (Å²) in [6.07, 6.45) is 2.69. The first-order valence-corrected chi connectivity index (χ1v) is 6.05. The molecule has 0 bridgehead atoms. The average molecular weight is 230 g/mol. The normalized spacial score (nSPS) is 15.1. The average Bonchev–Trinajstić information content (AvgIpc) is 2.60. The van der Waals surface area contributed by atoms with E-state index in [9.17, 15) is 12.3 Å². The molecule has 0 aliphatic heterocycles. The van der Waals surface area contributed by atoms with Gasteiger partial charge in [-0.25, -0.2) is 0 Å². The Morgan fingerprint density at radius 2 is 1.87 bits per heavy atom. The van der Waals surface area contributed by atoms with E-state index in [2.05, 4.69) is 0 Å². The number of benzene rings is 1. The van der Waals surface area contributed by atoms with E-state index in [-0.39, 0.29) is 10.6 Å². The SMILES string of the molecule is COc1cc2c(cc1S(=O)(=O)F)CCC2. The van der Waals surface area contributed by atoms with Gasteiger partial charge in [-0.05, 0) is 42.5 Å². The van der Waals surface area contributed by atoms with Crippen LogP contribution in [0.4, 0.5) is 3.89 Å². The highest BCUT2D eigenvalue weighted by Crippen LogP contribution is 2.33. The minimum atomic E-state index is -4.69. The highest BCUT2D eigenvalue weighted by atomic mass is 32.3. The van der Waals surface area contributed by atoms with Gasteiger partial charge in [0.2, 0.25) is 0 Å². The zero-order valence-corrected chi connectivity index (χ0v) is 9.10. The second-order valence-corrected chi connectivity index (χ2v) is 4.88. The molecule has 0 aromatic heterocycles. The van der Waals surface area contributed by atoms with E-state index < -0.39 is 10.2 Å². The Labute approximate surface area is 88.1 Å². The molecule has 1 aromatic carbocycles. The molecule has 15 heavy (non-hydrogen) atoms. The highest BCUT2D eigenvalue weighted by Gasteiger charge is 2.22. The third-order valence-corrected chi connectivity index (χ3v) is 3.49. The van der Waals surface area contributed by atoms with Gasteiger partial charge in [-0.15, -0.1) is 3.89 Å². The van der Waals surface area contributed by atoms with Gasteiger partial charge in [0.25, 0.3) is 0 Å². The van der Waals surface area contributed by atoms with E-state index in [1.807, 2.05) is 0 Å². The maximum Gasteiger partial charge on any atom is 0.335 e. The van der Waals surface area contributed by atoms with Crippen LogP contribution in [0.25, 0.3) is 0 Å². The molecule has 0 radical (unpaired) electrons. The lowest BCUT2D eigenvalue weighted by atomic mass is 10.1. The fourth-order valence-corrected chi connectivity index (χ4v) is 2.59. The number of ether oxygens (including phenoxy) is 1. The van der Waals surface area contributed by atoms with Crippen molar-refractivity contribution < 1.29 is 17.0 Å². The molecule has 3 nitrogen and oxygen atoms in total. The molecule has 0 saturated carbocycles. The smallest absolute Gasteiger partial charge is 0.335 e. The van der Waals surface area contributed by atoms with Crippen molar-refractivity contribution >= 4 is 10.2 Å². The van der Waals surface area contributed by atoms with Gasteiger partial charge in [-0.3, -0.25) is 0 Å². The fraction of sp³-hybridized carbons (Fsp3) is 0.400. The van der Waals surface area contributed by atoms with E-state index in [0.717, 1.165) is 30.4 Å². The molecular formula is C10H11FO3S. The molecular weight excluding hydrogens is 219 g/mol. The summed E-state index contributed by atoms with van der Waals surface area (Å²) in [5.74, 6) is 0.0955. The van der Waals surface area contributed by atoms with Crippen LogP contribution < -0.4 is 4.74 Å². The number of rotatable bonds is 2. The number of hydrogen-bond donors (Lipinski definition) is 0. The molecule has 0 amide bonds. The van der Waals surface area contributed by atoms with E-state index in [0.29, 0.717) is 0 Å². The van der Waals surface area contributed by atoms with Crippen molar-refractivity contribution in [1.82, 2.24) is 0 Å². The molecule has 1 aliphatic carbocycles. The summed E-state index contributed by atoms with van der Waals surface area (Å²) in [7, 11) is -3.35. The van der Waals surface area contributed by atoms with Gasteiger partial charge in [0.05, 0.1) is 7.11 Å². The molecule has 0 N–H and O–H groups in total. The van der Waals surface area contributed by atoms with Gasteiger partial charge in [-0.2, -0.15) is 8.42 Å². The summed E-state index contributed by atoms with van der Waals surface area (Å²) in [6.45, 7) is 0. The predicted molar refractivity (Wildman–Crippen MR) is 53.3 cm³/mol. The van der Waals surface area contributed by atoms with Crippen LogP contribution in [-0.2, 0) is 23.1 Å². The Balaban J connectivity index is 2.64. The molecule has 1 aromatic rings. The number of methoxy groups -OCH3 is 1. The molecule has 0 unspecified atom stereocenters. The number of hydrogen-bond acceptors (Lipinski definition) is 3. The van der Waals surface area contributed by atoms with Crippen molar-refractivity contribution in [3.8, 4) is 5.75 Å². The topological polar surface area (TPSA) is 43.4 Å². The standard InChI is InChI=1S/C10H11FO3S/c1-14-9-5-7-3-2-4-8(7)6-10(9)15(11,12)13/h5-6H,2-4H2,1H3. The lowest BCUT2D eigenvalue weighted by Crippen LogP contribution is -1.99. The van der Waals surface area contributed by atoms with Crippen LogP contribution in [-0.4, -0.2) is 15.5 Å². The fourth-order valence-electron chi connectivity index (χ4n) is 1.93. The first kappa shape index (κ1) is 10.4. The summed E-state index contributed by atoms with van der Waals surface area (Å²) in [5.41, 5.74) is 1.96. The minimum Gasteiger partial charge on any atom is -0.495 e. The number of fused-ring (bicyclic) bond motifs is 1. The van der Waals surface area contributed by atoms with Crippen LogP contribution in [0.5, 0.6) is 5.75 Å². The Morgan fingerprint density at radius 1 is 1.27 bits per heavy atom. The molecule has 0 heterocycles. The van der Waals surface area contributed by atoms with Crippen LogP contribution in [0, 0.1) is 0 Å². The quantitative estimate of drug-likeness (QED) is 0.728. The molecule has 0 spiro atoms. The van der Waals surface area contributed by atoms with Crippen LogP contribution >= 0.6 is 0 Å². The lowest BCUT2D eigenvalue weighted by molar-refractivity contribution is 0.400.